The average Bonchev–Trinajstić information content (AvgIpc) is 2.65. The molecule has 0 aliphatic rings. The van der Waals surface area contributed by atoms with Crippen LogP contribution in [0, 0.1) is 0 Å². The summed E-state index contributed by atoms with van der Waals surface area (Å²) in [6.07, 6.45) is 2.62. The molecular formula is C20H24ClN3O2. The molecule has 1 heterocycles. The summed E-state index contributed by atoms with van der Waals surface area (Å²) < 4.78 is 0. The molecule has 0 atom stereocenters. The molecule has 0 saturated carbocycles. The summed E-state index contributed by atoms with van der Waals surface area (Å²) in [4.78, 5) is 30.5. The highest BCUT2D eigenvalue weighted by Gasteiger charge is 2.15. The average molecular weight is 374 g/mol. The molecule has 6 heteroatoms. The molecule has 0 radical (unpaired) electrons. The van der Waals surface area contributed by atoms with E-state index in [0.29, 0.717) is 24.5 Å². The summed E-state index contributed by atoms with van der Waals surface area (Å²) >= 11 is 5.95. The van der Waals surface area contributed by atoms with Crippen molar-refractivity contribution in [3.05, 3.63) is 64.4 Å². The first-order valence-corrected chi connectivity index (χ1v) is 9.14. The van der Waals surface area contributed by atoms with Crippen molar-refractivity contribution in [1.82, 2.24) is 15.2 Å². The van der Waals surface area contributed by atoms with E-state index in [4.69, 9.17) is 11.6 Å². The SMILES string of the molecule is CCCCN(C)C(=O)c1cccc(C(=O)NCCc2cccc(Cl)c2)n1. The smallest absolute Gasteiger partial charge is 0.272 e. The van der Waals surface area contributed by atoms with Crippen LogP contribution >= 0.6 is 11.6 Å². The van der Waals surface area contributed by atoms with E-state index in [0.717, 1.165) is 18.4 Å². The summed E-state index contributed by atoms with van der Waals surface area (Å²) in [6, 6.07) is 12.4. The summed E-state index contributed by atoms with van der Waals surface area (Å²) in [5.74, 6) is -0.468. The van der Waals surface area contributed by atoms with Crippen LogP contribution in [-0.4, -0.2) is 41.8 Å². The van der Waals surface area contributed by atoms with E-state index in [9.17, 15) is 9.59 Å². The van der Waals surface area contributed by atoms with Gasteiger partial charge in [0.05, 0.1) is 0 Å². The number of hydrogen-bond donors (Lipinski definition) is 1. The summed E-state index contributed by atoms with van der Waals surface area (Å²) in [6.45, 7) is 3.22. The van der Waals surface area contributed by atoms with Crippen molar-refractivity contribution in [2.75, 3.05) is 20.1 Å². The highest BCUT2D eigenvalue weighted by Crippen LogP contribution is 2.11. The van der Waals surface area contributed by atoms with Crippen molar-refractivity contribution in [3.8, 4) is 0 Å². The van der Waals surface area contributed by atoms with Crippen LogP contribution in [0.15, 0.2) is 42.5 Å². The molecular weight excluding hydrogens is 350 g/mol. The van der Waals surface area contributed by atoms with Crippen LogP contribution in [0.5, 0.6) is 0 Å². The molecule has 26 heavy (non-hydrogen) atoms. The lowest BCUT2D eigenvalue weighted by molar-refractivity contribution is 0.0787. The van der Waals surface area contributed by atoms with Gasteiger partial charge in [0.2, 0.25) is 0 Å². The fourth-order valence-electron chi connectivity index (χ4n) is 2.48. The first-order chi connectivity index (χ1) is 12.5. The Hall–Kier alpha value is -2.40. The fraction of sp³-hybridized carbons (Fsp3) is 0.350. The maximum Gasteiger partial charge on any atom is 0.272 e. The Bertz CT molecular complexity index is 764. The predicted octanol–water partition coefficient (Wildman–Crippen LogP) is 3.58. The number of hydrogen-bond acceptors (Lipinski definition) is 3. The molecule has 0 unspecified atom stereocenters. The van der Waals surface area contributed by atoms with Gasteiger partial charge in [-0.3, -0.25) is 9.59 Å². The number of nitrogens with one attached hydrogen (secondary N) is 1. The maximum absolute atomic E-state index is 12.4. The standard InChI is InChI=1S/C20H24ClN3O2/c1-3-4-13-24(2)20(26)18-10-6-9-17(23-18)19(25)22-12-11-15-7-5-8-16(21)14-15/h5-10,14H,3-4,11-13H2,1-2H3,(H,22,25). The molecule has 2 amide bonds. The maximum atomic E-state index is 12.4. The lowest BCUT2D eigenvalue weighted by Crippen LogP contribution is -2.30. The number of nitrogens with zero attached hydrogens (tertiary/aromatic N) is 2. The van der Waals surface area contributed by atoms with Crippen molar-refractivity contribution < 1.29 is 9.59 Å². The number of unbranched alkanes of at least 4 members (excludes halogenated alkanes) is 1. The van der Waals surface area contributed by atoms with Crippen molar-refractivity contribution in [3.63, 3.8) is 0 Å². The predicted molar refractivity (Wildman–Crippen MR) is 104 cm³/mol. The van der Waals surface area contributed by atoms with E-state index in [-0.39, 0.29) is 23.2 Å². The number of halogens is 1. The quantitative estimate of drug-likeness (QED) is 0.769. The number of carbonyl (C=O) groups excluding carboxylic acids is 2. The van der Waals surface area contributed by atoms with Gasteiger partial charge in [0.15, 0.2) is 0 Å². The molecule has 2 aromatic rings. The van der Waals surface area contributed by atoms with Crippen molar-refractivity contribution >= 4 is 23.4 Å². The van der Waals surface area contributed by atoms with Gasteiger partial charge < -0.3 is 10.2 Å². The van der Waals surface area contributed by atoms with Gasteiger partial charge in [-0.05, 0) is 42.7 Å². The largest absolute Gasteiger partial charge is 0.350 e. The highest BCUT2D eigenvalue weighted by atomic mass is 35.5. The Morgan fingerprint density at radius 3 is 2.62 bits per heavy atom. The van der Waals surface area contributed by atoms with Crippen LogP contribution in [0.2, 0.25) is 5.02 Å². The molecule has 5 nitrogen and oxygen atoms in total. The monoisotopic (exact) mass is 373 g/mol. The third-order valence-corrected chi connectivity index (χ3v) is 4.22. The van der Waals surface area contributed by atoms with Gasteiger partial charge in [-0.15, -0.1) is 0 Å². The second kappa shape index (κ2) is 9.92. The molecule has 1 aromatic carbocycles. The Morgan fingerprint density at radius 1 is 1.15 bits per heavy atom. The third-order valence-electron chi connectivity index (χ3n) is 3.98. The van der Waals surface area contributed by atoms with Gasteiger partial charge in [0, 0.05) is 25.2 Å². The van der Waals surface area contributed by atoms with Gasteiger partial charge in [0.1, 0.15) is 11.4 Å². The third kappa shape index (κ3) is 5.85. The van der Waals surface area contributed by atoms with Gasteiger partial charge in [0.25, 0.3) is 11.8 Å². The zero-order valence-corrected chi connectivity index (χ0v) is 15.9. The van der Waals surface area contributed by atoms with Gasteiger partial charge in [-0.1, -0.05) is 43.1 Å². The number of pyridine rings is 1. The van der Waals surface area contributed by atoms with Crippen LogP contribution in [0.25, 0.3) is 0 Å². The van der Waals surface area contributed by atoms with E-state index in [1.165, 1.54) is 0 Å². The van der Waals surface area contributed by atoms with Crippen LogP contribution < -0.4 is 5.32 Å². The summed E-state index contributed by atoms with van der Waals surface area (Å²) in [5.41, 5.74) is 1.57. The van der Waals surface area contributed by atoms with Crippen LogP contribution in [0.3, 0.4) is 0 Å². The Balaban J connectivity index is 1.93. The number of benzene rings is 1. The molecule has 0 spiro atoms. The van der Waals surface area contributed by atoms with E-state index < -0.39 is 0 Å². The molecule has 0 saturated heterocycles. The normalized spacial score (nSPS) is 10.4. The molecule has 0 bridgehead atoms. The van der Waals surface area contributed by atoms with Crippen molar-refractivity contribution in [2.24, 2.45) is 0 Å². The van der Waals surface area contributed by atoms with Gasteiger partial charge in [-0.2, -0.15) is 0 Å². The second-order valence-corrected chi connectivity index (χ2v) is 6.56. The molecule has 1 aromatic heterocycles. The molecule has 0 aliphatic heterocycles. The molecule has 138 valence electrons. The molecule has 0 aliphatic carbocycles. The Morgan fingerprint density at radius 2 is 1.88 bits per heavy atom. The second-order valence-electron chi connectivity index (χ2n) is 6.12. The fourth-order valence-corrected chi connectivity index (χ4v) is 2.69. The first kappa shape index (κ1) is 19.9. The van der Waals surface area contributed by atoms with E-state index in [2.05, 4.69) is 17.2 Å². The highest BCUT2D eigenvalue weighted by molar-refractivity contribution is 6.30. The van der Waals surface area contributed by atoms with Crippen LogP contribution in [0.4, 0.5) is 0 Å². The van der Waals surface area contributed by atoms with E-state index in [1.807, 2.05) is 24.3 Å². The minimum atomic E-state index is -0.294. The molecule has 0 fully saturated rings. The minimum absolute atomic E-state index is 0.174. The number of amides is 2. The van der Waals surface area contributed by atoms with Gasteiger partial charge >= 0.3 is 0 Å². The molecule has 1 N–H and O–H groups in total. The zero-order valence-electron chi connectivity index (χ0n) is 15.2. The zero-order chi connectivity index (χ0) is 18.9. The topological polar surface area (TPSA) is 62.3 Å². The number of aromatic nitrogens is 1. The summed E-state index contributed by atoms with van der Waals surface area (Å²) in [5, 5.41) is 3.50. The minimum Gasteiger partial charge on any atom is -0.350 e. The Kier molecular flexibility index (Phi) is 7.60. The van der Waals surface area contributed by atoms with Crippen LogP contribution in [-0.2, 0) is 6.42 Å². The van der Waals surface area contributed by atoms with Crippen molar-refractivity contribution in [1.29, 1.82) is 0 Å². The Labute approximate surface area is 159 Å². The van der Waals surface area contributed by atoms with Crippen molar-refractivity contribution in [2.45, 2.75) is 26.2 Å². The first-order valence-electron chi connectivity index (χ1n) is 8.76. The number of rotatable bonds is 8. The number of carbonyl (C=O) groups is 2. The van der Waals surface area contributed by atoms with Gasteiger partial charge in [-0.25, -0.2) is 4.98 Å². The van der Waals surface area contributed by atoms with E-state index >= 15 is 0 Å². The van der Waals surface area contributed by atoms with Crippen LogP contribution in [0.1, 0.15) is 46.3 Å². The lowest BCUT2D eigenvalue weighted by atomic mass is 10.1. The van der Waals surface area contributed by atoms with E-state index in [1.54, 1.807) is 30.1 Å². The lowest BCUT2D eigenvalue weighted by Gasteiger charge is -2.16. The molecule has 2 rings (SSSR count). The summed E-state index contributed by atoms with van der Waals surface area (Å²) in [7, 11) is 1.75.